The molecular formula is C12H18ClNS. The number of halogens is 1. The molecule has 1 saturated carbocycles. The van der Waals surface area contributed by atoms with Crippen molar-refractivity contribution in [3.05, 3.63) is 21.3 Å². The highest BCUT2D eigenvalue weighted by molar-refractivity contribution is 7.10. The van der Waals surface area contributed by atoms with E-state index in [1.165, 1.54) is 30.6 Å². The van der Waals surface area contributed by atoms with Crippen molar-refractivity contribution in [1.29, 1.82) is 0 Å². The van der Waals surface area contributed by atoms with Gasteiger partial charge in [-0.2, -0.15) is 0 Å². The predicted molar refractivity (Wildman–Crippen MR) is 67.6 cm³/mol. The molecule has 0 spiro atoms. The zero-order chi connectivity index (χ0) is 10.7. The van der Waals surface area contributed by atoms with E-state index in [1.807, 2.05) is 5.38 Å². The molecule has 1 fully saturated rings. The number of rotatable bonds is 6. The van der Waals surface area contributed by atoms with E-state index in [1.54, 1.807) is 11.3 Å². The first-order chi connectivity index (χ1) is 7.28. The molecule has 0 radical (unpaired) electrons. The van der Waals surface area contributed by atoms with E-state index >= 15 is 0 Å². The van der Waals surface area contributed by atoms with Gasteiger partial charge in [0.2, 0.25) is 0 Å². The molecule has 15 heavy (non-hydrogen) atoms. The molecule has 1 atom stereocenters. The standard InChI is InChI=1S/C12H18ClNS/c1-2-11(5-9-3-4-9)14-7-12-6-10(13)8-15-12/h6,8-9,11,14H,2-5,7H2,1H3. The molecule has 1 aromatic rings. The van der Waals surface area contributed by atoms with Crippen LogP contribution >= 0.6 is 22.9 Å². The summed E-state index contributed by atoms with van der Waals surface area (Å²) >= 11 is 7.63. The summed E-state index contributed by atoms with van der Waals surface area (Å²) in [5.74, 6) is 1.01. The van der Waals surface area contributed by atoms with Crippen LogP contribution in [0.25, 0.3) is 0 Å². The first-order valence-corrected chi connectivity index (χ1v) is 7.00. The molecule has 0 amide bonds. The Morgan fingerprint density at radius 2 is 2.40 bits per heavy atom. The largest absolute Gasteiger partial charge is 0.309 e. The SMILES string of the molecule is CCC(CC1CC1)NCc1cc(Cl)cs1. The first-order valence-electron chi connectivity index (χ1n) is 5.74. The number of hydrogen-bond acceptors (Lipinski definition) is 2. The third-order valence-corrected chi connectivity index (χ3v) is 4.28. The molecule has 1 heterocycles. The Kier molecular flexibility index (Phi) is 4.06. The van der Waals surface area contributed by atoms with Crippen LogP contribution in [0.3, 0.4) is 0 Å². The van der Waals surface area contributed by atoms with Crippen LogP contribution < -0.4 is 5.32 Å². The summed E-state index contributed by atoms with van der Waals surface area (Å²) in [5.41, 5.74) is 0. The lowest BCUT2D eigenvalue weighted by Gasteiger charge is -2.15. The van der Waals surface area contributed by atoms with Gasteiger partial charge >= 0.3 is 0 Å². The minimum atomic E-state index is 0.693. The molecule has 0 aliphatic heterocycles. The van der Waals surface area contributed by atoms with Crippen molar-refractivity contribution >= 4 is 22.9 Å². The van der Waals surface area contributed by atoms with Crippen molar-refractivity contribution in [1.82, 2.24) is 5.32 Å². The first kappa shape index (κ1) is 11.4. The van der Waals surface area contributed by atoms with Crippen LogP contribution in [0.5, 0.6) is 0 Å². The van der Waals surface area contributed by atoms with Crippen LogP contribution in [0.2, 0.25) is 5.02 Å². The van der Waals surface area contributed by atoms with Crippen LogP contribution in [-0.2, 0) is 6.54 Å². The topological polar surface area (TPSA) is 12.0 Å². The second-order valence-electron chi connectivity index (χ2n) is 4.40. The average molecular weight is 244 g/mol. The summed E-state index contributed by atoms with van der Waals surface area (Å²) in [6, 6.07) is 2.75. The van der Waals surface area contributed by atoms with E-state index in [0.29, 0.717) is 6.04 Å². The zero-order valence-electron chi connectivity index (χ0n) is 9.13. The molecule has 84 valence electrons. The van der Waals surface area contributed by atoms with Gasteiger partial charge in [0.1, 0.15) is 0 Å². The molecule has 1 unspecified atom stereocenters. The van der Waals surface area contributed by atoms with Crippen LogP contribution in [0, 0.1) is 5.92 Å². The van der Waals surface area contributed by atoms with Crippen molar-refractivity contribution in [3.63, 3.8) is 0 Å². The highest BCUT2D eigenvalue weighted by Gasteiger charge is 2.24. The quantitative estimate of drug-likeness (QED) is 0.794. The molecule has 1 nitrogen and oxygen atoms in total. The minimum Gasteiger partial charge on any atom is -0.309 e. The lowest BCUT2D eigenvalue weighted by atomic mass is 10.1. The molecule has 0 saturated heterocycles. The highest BCUT2D eigenvalue weighted by Crippen LogP contribution is 2.34. The van der Waals surface area contributed by atoms with E-state index in [9.17, 15) is 0 Å². The Labute approximate surface area is 101 Å². The van der Waals surface area contributed by atoms with Gasteiger partial charge < -0.3 is 5.32 Å². The van der Waals surface area contributed by atoms with Gasteiger partial charge in [-0.05, 0) is 24.8 Å². The fourth-order valence-electron chi connectivity index (χ4n) is 1.84. The van der Waals surface area contributed by atoms with E-state index in [2.05, 4.69) is 18.3 Å². The van der Waals surface area contributed by atoms with E-state index < -0.39 is 0 Å². The summed E-state index contributed by atoms with van der Waals surface area (Å²) < 4.78 is 0. The lowest BCUT2D eigenvalue weighted by molar-refractivity contribution is 0.446. The fourth-order valence-corrected chi connectivity index (χ4v) is 2.87. The minimum absolute atomic E-state index is 0.693. The third kappa shape index (κ3) is 3.78. The van der Waals surface area contributed by atoms with Crippen LogP contribution in [0.15, 0.2) is 11.4 Å². The Bertz CT molecular complexity index is 306. The Hall–Kier alpha value is -0.0500. The van der Waals surface area contributed by atoms with Crippen LogP contribution in [-0.4, -0.2) is 6.04 Å². The second kappa shape index (κ2) is 5.33. The maximum atomic E-state index is 5.89. The maximum absolute atomic E-state index is 5.89. The van der Waals surface area contributed by atoms with E-state index in [0.717, 1.165) is 17.5 Å². The monoisotopic (exact) mass is 243 g/mol. The fraction of sp³-hybridized carbons (Fsp3) is 0.667. The summed E-state index contributed by atoms with van der Waals surface area (Å²) in [6.07, 6.45) is 5.48. The molecule has 1 aromatic heterocycles. The number of hydrogen-bond donors (Lipinski definition) is 1. The molecular weight excluding hydrogens is 226 g/mol. The van der Waals surface area contributed by atoms with Gasteiger partial charge in [-0.15, -0.1) is 11.3 Å². The number of nitrogens with one attached hydrogen (secondary N) is 1. The van der Waals surface area contributed by atoms with Crippen LogP contribution in [0.1, 0.15) is 37.5 Å². The average Bonchev–Trinajstić information content (AvgIpc) is 2.95. The summed E-state index contributed by atoms with van der Waals surface area (Å²) in [5, 5.41) is 6.49. The van der Waals surface area contributed by atoms with Crippen molar-refractivity contribution in [3.8, 4) is 0 Å². The molecule has 1 N–H and O–H groups in total. The van der Waals surface area contributed by atoms with Gasteiger partial charge in [-0.3, -0.25) is 0 Å². The lowest BCUT2D eigenvalue weighted by Crippen LogP contribution is -2.28. The second-order valence-corrected chi connectivity index (χ2v) is 5.83. The Morgan fingerprint density at radius 3 is 2.93 bits per heavy atom. The molecule has 0 aromatic carbocycles. The summed E-state index contributed by atoms with van der Waals surface area (Å²) in [6.45, 7) is 3.24. The molecule has 3 heteroatoms. The Morgan fingerprint density at radius 1 is 1.60 bits per heavy atom. The van der Waals surface area contributed by atoms with E-state index in [4.69, 9.17) is 11.6 Å². The number of thiophene rings is 1. The molecule has 2 rings (SSSR count). The summed E-state index contributed by atoms with van der Waals surface area (Å²) in [4.78, 5) is 1.34. The van der Waals surface area contributed by atoms with Gasteiger partial charge in [-0.25, -0.2) is 0 Å². The van der Waals surface area contributed by atoms with Crippen LogP contribution in [0.4, 0.5) is 0 Å². The van der Waals surface area contributed by atoms with Crippen molar-refractivity contribution in [2.24, 2.45) is 5.92 Å². The predicted octanol–water partition coefficient (Wildman–Crippen LogP) is 4.07. The summed E-state index contributed by atoms with van der Waals surface area (Å²) in [7, 11) is 0. The molecule has 0 bridgehead atoms. The van der Waals surface area contributed by atoms with Gasteiger partial charge in [0.25, 0.3) is 0 Å². The van der Waals surface area contributed by atoms with Gasteiger partial charge in [0, 0.05) is 22.8 Å². The normalized spacial score (nSPS) is 18.0. The van der Waals surface area contributed by atoms with Crippen molar-refractivity contribution in [2.75, 3.05) is 0 Å². The van der Waals surface area contributed by atoms with Crippen molar-refractivity contribution < 1.29 is 0 Å². The van der Waals surface area contributed by atoms with Crippen molar-refractivity contribution in [2.45, 2.75) is 45.2 Å². The smallest absolute Gasteiger partial charge is 0.0516 e. The molecule has 1 aliphatic rings. The zero-order valence-corrected chi connectivity index (χ0v) is 10.7. The van der Waals surface area contributed by atoms with Gasteiger partial charge in [0.15, 0.2) is 0 Å². The maximum Gasteiger partial charge on any atom is 0.0516 e. The highest BCUT2D eigenvalue weighted by atomic mass is 35.5. The third-order valence-electron chi connectivity index (χ3n) is 2.99. The van der Waals surface area contributed by atoms with Gasteiger partial charge in [-0.1, -0.05) is 31.4 Å². The van der Waals surface area contributed by atoms with E-state index in [-0.39, 0.29) is 0 Å². The molecule has 1 aliphatic carbocycles. The van der Waals surface area contributed by atoms with Gasteiger partial charge in [0.05, 0.1) is 5.02 Å². The Balaban J connectivity index is 1.74.